The number of aromatic nitrogens is 1. The summed E-state index contributed by atoms with van der Waals surface area (Å²) in [5.41, 5.74) is 0. The maximum absolute atomic E-state index is 11.8. The number of ether oxygens (including phenoxy) is 2. The molecule has 2 heterocycles. The summed E-state index contributed by atoms with van der Waals surface area (Å²) in [4.78, 5) is 27.0. The summed E-state index contributed by atoms with van der Waals surface area (Å²) in [6.07, 6.45) is 4.01. The first-order valence-corrected chi connectivity index (χ1v) is 6.65. The zero-order valence-electron chi connectivity index (χ0n) is 11.4. The number of carbonyl (C=O) groups excluding carboxylic acids is 2. The lowest BCUT2D eigenvalue weighted by molar-refractivity contribution is -0.141. The molecule has 2 unspecified atom stereocenters. The molecule has 1 aliphatic rings. The maximum atomic E-state index is 11.8. The molecule has 1 amide bonds. The number of amides is 1. The van der Waals surface area contributed by atoms with Gasteiger partial charge in [0.15, 0.2) is 0 Å². The SMILES string of the molecule is CC1C(=O)OCC1C(=O)NCCCOc1cccnc1. The van der Waals surface area contributed by atoms with Gasteiger partial charge in [-0.05, 0) is 18.6 Å². The van der Waals surface area contributed by atoms with Gasteiger partial charge in [0.25, 0.3) is 0 Å². The van der Waals surface area contributed by atoms with E-state index in [9.17, 15) is 9.59 Å². The molecule has 6 nitrogen and oxygen atoms in total. The van der Waals surface area contributed by atoms with Crippen LogP contribution in [0.4, 0.5) is 0 Å². The van der Waals surface area contributed by atoms with Gasteiger partial charge in [-0.25, -0.2) is 0 Å². The highest BCUT2D eigenvalue weighted by molar-refractivity contribution is 5.87. The van der Waals surface area contributed by atoms with E-state index in [0.29, 0.717) is 25.3 Å². The van der Waals surface area contributed by atoms with E-state index in [2.05, 4.69) is 10.3 Å². The number of rotatable bonds is 6. The number of carbonyl (C=O) groups is 2. The fourth-order valence-corrected chi connectivity index (χ4v) is 1.95. The lowest BCUT2D eigenvalue weighted by atomic mass is 9.97. The van der Waals surface area contributed by atoms with Crippen LogP contribution in [0.3, 0.4) is 0 Å². The van der Waals surface area contributed by atoms with E-state index in [0.717, 1.165) is 0 Å². The van der Waals surface area contributed by atoms with E-state index in [1.807, 2.05) is 6.07 Å². The number of hydrogen-bond donors (Lipinski definition) is 1. The fourth-order valence-electron chi connectivity index (χ4n) is 1.95. The van der Waals surface area contributed by atoms with Gasteiger partial charge in [0.1, 0.15) is 12.4 Å². The van der Waals surface area contributed by atoms with Crippen LogP contribution < -0.4 is 10.1 Å². The molecule has 2 atom stereocenters. The van der Waals surface area contributed by atoms with Gasteiger partial charge in [0, 0.05) is 12.7 Å². The van der Waals surface area contributed by atoms with E-state index >= 15 is 0 Å². The van der Waals surface area contributed by atoms with Gasteiger partial charge in [-0.1, -0.05) is 6.92 Å². The van der Waals surface area contributed by atoms with Crippen LogP contribution in [0.15, 0.2) is 24.5 Å². The predicted octanol–water partition coefficient (Wildman–Crippen LogP) is 0.776. The summed E-state index contributed by atoms with van der Waals surface area (Å²) in [5.74, 6) is -0.458. The number of hydrogen-bond acceptors (Lipinski definition) is 5. The van der Waals surface area contributed by atoms with Crippen molar-refractivity contribution >= 4 is 11.9 Å². The predicted molar refractivity (Wildman–Crippen MR) is 71.0 cm³/mol. The molecule has 0 radical (unpaired) electrons. The lowest BCUT2D eigenvalue weighted by Gasteiger charge is -2.11. The lowest BCUT2D eigenvalue weighted by Crippen LogP contribution is -2.35. The maximum Gasteiger partial charge on any atom is 0.309 e. The second kappa shape index (κ2) is 6.88. The van der Waals surface area contributed by atoms with E-state index < -0.39 is 0 Å². The van der Waals surface area contributed by atoms with Gasteiger partial charge in [0.2, 0.25) is 5.91 Å². The van der Waals surface area contributed by atoms with Crippen LogP contribution in [0.5, 0.6) is 5.75 Å². The van der Waals surface area contributed by atoms with Crippen LogP contribution in [-0.4, -0.2) is 36.6 Å². The van der Waals surface area contributed by atoms with Crippen LogP contribution in [0.1, 0.15) is 13.3 Å². The molecule has 0 bridgehead atoms. The van der Waals surface area contributed by atoms with E-state index in [1.165, 1.54) is 0 Å². The molecule has 0 aliphatic carbocycles. The van der Waals surface area contributed by atoms with E-state index in [1.54, 1.807) is 25.4 Å². The van der Waals surface area contributed by atoms with Crippen molar-refractivity contribution in [1.29, 1.82) is 0 Å². The van der Waals surface area contributed by atoms with Crippen molar-refractivity contribution in [1.82, 2.24) is 10.3 Å². The average Bonchev–Trinajstić information content (AvgIpc) is 2.80. The Bertz CT molecular complexity index is 464. The number of nitrogens with zero attached hydrogens (tertiary/aromatic N) is 1. The zero-order chi connectivity index (χ0) is 14.4. The molecule has 20 heavy (non-hydrogen) atoms. The van der Waals surface area contributed by atoms with Crippen LogP contribution in [0.25, 0.3) is 0 Å². The molecule has 0 saturated carbocycles. The van der Waals surface area contributed by atoms with Crippen molar-refractivity contribution in [3.8, 4) is 5.75 Å². The molecule has 1 aliphatic heterocycles. The van der Waals surface area contributed by atoms with Crippen molar-refractivity contribution in [3.63, 3.8) is 0 Å². The summed E-state index contributed by atoms with van der Waals surface area (Å²) >= 11 is 0. The van der Waals surface area contributed by atoms with E-state index in [4.69, 9.17) is 9.47 Å². The van der Waals surface area contributed by atoms with E-state index in [-0.39, 0.29) is 30.3 Å². The average molecular weight is 278 g/mol. The largest absolute Gasteiger partial charge is 0.492 e. The molecule has 0 spiro atoms. The number of esters is 1. The Hall–Kier alpha value is -2.11. The summed E-state index contributed by atoms with van der Waals surface area (Å²) in [5, 5.41) is 2.80. The molecule has 1 N–H and O–H groups in total. The smallest absolute Gasteiger partial charge is 0.309 e. The summed E-state index contributed by atoms with van der Waals surface area (Å²) in [7, 11) is 0. The Labute approximate surface area is 117 Å². The quantitative estimate of drug-likeness (QED) is 0.614. The van der Waals surface area contributed by atoms with Gasteiger partial charge in [0.05, 0.1) is 24.6 Å². The Morgan fingerprint density at radius 3 is 3.10 bits per heavy atom. The first-order valence-electron chi connectivity index (χ1n) is 6.65. The van der Waals surface area contributed by atoms with Gasteiger partial charge in [-0.15, -0.1) is 0 Å². The molecule has 0 aromatic carbocycles. The molecule has 1 aromatic rings. The Morgan fingerprint density at radius 2 is 2.45 bits per heavy atom. The Balaban J connectivity index is 1.61. The second-order valence-corrected chi connectivity index (χ2v) is 4.71. The minimum Gasteiger partial charge on any atom is -0.492 e. The van der Waals surface area contributed by atoms with Crippen LogP contribution in [0, 0.1) is 11.8 Å². The normalized spacial score (nSPS) is 21.4. The van der Waals surface area contributed by atoms with Crippen LogP contribution >= 0.6 is 0 Å². The van der Waals surface area contributed by atoms with Gasteiger partial charge in [-0.2, -0.15) is 0 Å². The number of nitrogens with one attached hydrogen (secondary N) is 1. The summed E-state index contributed by atoms with van der Waals surface area (Å²) < 4.78 is 10.3. The minimum absolute atomic E-state index is 0.135. The topological polar surface area (TPSA) is 77.5 Å². The van der Waals surface area contributed by atoms with Crippen molar-refractivity contribution in [2.75, 3.05) is 19.8 Å². The van der Waals surface area contributed by atoms with Crippen molar-refractivity contribution in [2.45, 2.75) is 13.3 Å². The van der Waals surface area contributed by atoms with Crippen LogP contribution in [-0.2, 0) is 14.3 Å². The third-order valence-electron chi connectivity index (χ3n) is 3.24. The zero-order valence-corrected chi connectivity index (χ0v) is 11.4. The van der Waals surface area contributed by atoms with Gasteiger partial charge < -0.3 is 14.8 Å². The monoisotopic (exact) mass is 278 g/mol. The van der Waals surface area contributed by atoms with Crippen molar-refractivity contribution in [2.24, 2.45) is 11.8 Å². The fraction of sp³-hybridized carbons (Fsp3) is 0.500. The standard InChI is InChI=1S/C14H18N2O4/c1-10-12(9-20-14(10)18)13(17)16-6-3-7-19-11-4-2-5-15-8-11/h2,4-5,8,10,12H,3,6-7,9H2,1H3,(H,16,17). The van der Waals surface area contributed by atoms with Crippen molar-refractivity contribution in [3.05, 3.63) is 24.5 Å². The van der Waals surface area contributed by atoms with Crippen molar-refractivity contribution < 1.29 is 19.1 Å². The number of pyridine rings is 1. The molecule has 1 saturated heterocycles. The highest BCUT2D eigenvalue weighted by Gasteiger charge is 2.37. The van der Waals surface area contributed by atoms with Gasteiger partial charge in [-0.3, -0.25) is 14.6 Å². The third kappa shape index (κ3) is 3.69. The van der Waals surface area contributed by atoms with Gasteiger partial charge >= 0.3 is 5.97 Å². The highest BCUT2D eigenvalue weighted by Crippen LogP contribution is 2.21. The number of cyclic esters (lactones) is 1. The molecule has 1 aromatic heterocycles. The Morgan fingerprint density at radius 1 is 1.60 bits per heavy atom. The molecule has 6 heteroatoms. The minimum atomic E-state index is -0.373. The second-order valence-electron chi connectivity index (χ2n) is 4.71. The summed E-state index contributed by atoms with van der Waals surface area (Å²) in [6, 6.07) is 3.63. The molecular formula is C14H18N2O4. The molecule has 2 rings (SSSR count). The Kier molecular flexibility index (Phi) is 4.92. The molecular weight excluding hydrogens is 260 g/mol. The third-order valence-corrected chi connectivity index (χ3v) is 3.24. The first kappa shape index (κ1) is 14.3. The highest BCUT2D eigenvalue weighted by atomic mass is 16.5. The molecule has 1 fully saturated rings. The van der Waals surface area contributed by atoms with Crippen LogP contribution in [0.2, 0.25) is 0 Å². The summed E-state index contributed by atoms with van der Waals surface area (Å²) in [6.45, 7) is 2.90. The first-order chi connectivity index (χ1) is 9.68. The molecule has 108 valence electrons.